The highest BCUT2D eigenvalue weighted by atomic mass is 32.1. The predicted molar refractivity (Wildman–Crippen MR) is 84.8 cm³/mol. The minimum atomic E-state index is -0.482. The molecule has 0 unspecified atom stereocenters. The number of aliphatic hydroxyl groups is 1. The number of ether oxygens (including phenoxy) is 1. The van der Waals surface area contributed by atoms with E-state index in [4.69, 9.17) is 9.26 Å². The average Bonchev–Trinajstić information content (AvgIpc) is 3.20. The molecule has 1 aliphatic heterocycles. The van der Waals surface area contributed by atoms with Gasteiger partial charge in [0, 0.05) is 17.5 Å². The van der Waals surface area contributed by atoms with Crippen LogP contribution in [0.15, 0.2) is 28.1 Å². The number of hydrogen-bond donors (Lipinski definition) is 1. The standard InChI is InChI=1S/C16H22N2O3S/c1-12-8-16(21-17-12)15-5-2-6-18(15)9-13(19)10-20-11-14-4-3-7-22-14/h3-4,7-8,13,15,19H,2,5-6,9-11H2,1H3/t13-,15-/m0/s1. The van der Waals surface area contributed by atoms with Gasteiger partial charge in [0.05, 0.1) is 31.1 Å². The van der Waals surface area contributed by atoms with Crippen molar-refractivity contribution in [3.63, 3.8) is 0 Å². The zero-order valence-electron chi connectivity index (χ0n) is 12.8. The Balaban J connectivity index is 1.46. The molecule has 120 valence electrons. The lowest BCUT2D eigenvalue weighted by molar-refractivity contribution is 0.00687. The van der Waals surface area contributed by atoms with Crippen molar-refractivity contribution in [2.75, 3.05) is 19.7 Å². The number of thiophene rings is 1. The second-order valence-electron chi connectivity index (χ2n) is 5.77. The first kappa shape index (κ1) is 15.7. The van der Waals surface area contributed by atoms with E-state index in [-0.39, 0.29) is 6.04 Å². The summed E-state index contributed by atoms with van der Waals surface area (Å²) < 4.78 is 11.0. The van der Waals surface area contributed by atoms with Crippen LogP contribution >= 0.6 is 11.3 Å². The van der Waals surface area contributed by atoms with Gasteiger partial charge in [-0.3, -0.25) is 4.90 Å². The van der Waals surface area contributed by atoms with Gasteiger partial charge in [-0.25, -0.2) is 0 Å². The van der Waals surface area contributed by atoms with Gasteiger partial charge in [-0.2, -0.15) is 0 Å². The normalized spacial score (nSPS) is 20.5. The molecule has 22 heavy (non-hydrogen) atoms. The zero-order valence-corrected chi connectivity index (χ0v) is 13.6. The van der Waals surface area contributed by atoms with Gasteiger partial charge in [-0.05, 0) is 37.8 Å². The number of nitrogens with zero attached hydrogens (tertiary/aromatic N) is 2. The monoisotopic (exact) mass is 322 g/mol. The Kier molecular flexibility index (Phi) is 5.25. The molecule has 2 aromatic heterocycles. The summed E-state index contributed by atoms with van der Waals surface area (Å²) in [7, 11) is 0. The summed E-state index contributed by atoms with van der Waals surface area (Å²) in [6.07, 6.45) is 1.69. The van der Waals surface area contributed by atoms with Crippen molar-refractivity contribution in [1.29, 1.82) is 0 Å². The van der Waals surface area contributed by atoms with Crippen LogP contribution in [-0.4, -0.2) is 41.0 Å². The van der Waals surface area contributed by atoms with E-state index in [0.29, 0.717) is 19.8 Å². The van der Waals surface area contributed by atoms with Gasteiger partial charge in [0.25, 0.3) is 0 Å². The maximum Gasteiger partial charge on any atom is 0.154 e. The van der Waals surface area contributed by atoms with E-state index in [1.54, 1.807) is 11.3 Å². The van der Waals surface area contributed by atoms with E-state index in [9.17, 15) is 5.11 Å². The van der Waals surface area contributed by atoms with Crippen molar-refractivity contribution in [3.8, 4) is 0 Å². The zero-order chi connectivity index (χ0) is 15.4. The molecule has 1 fully saturated rings. The number of hydrogen-bond acceptors (Lipinski definition) is 6. The highest BCUT2D eigenvalue weighted by Crippen LogP contribution is 2.32. The molecule has 1 aliphatic rings. The smallest absolute Gasteiger partial charge is 0.154 e. The van der Waals surface area contributed by atoms with Crippen LogP contribution in [0.25, 0.3) is 0 Å². The highest BCUT2D eigenvalue weighted by molar-refractivity contribution is 7.09. The SMILES string of the molecule is Cc1cc([C@@H]2CCCN2C[C@H](O)COCc2cccs2)on1. The lowest BCUT2D eigenvalue weighted by Crippen LogP contribution is -2.34. The Morgan fingerprint density at radius 2 is 2.50 bits per heavy atom. The Hall–Kier alpha value is -1.21. The van der Waals surface area contributed by atoms with E-state index in [0.717, 1.165) is 30.8 Å². The average molecular weight is 322 g/mol. The summed E-state index contributed by atoms with van der Waals surface area (Å²) >= 11 is 1.67. The fourth-order valence-corrected chi connectivity index (χ4v) is 3.56. The Morgan fingerprint density at radius 1 is 1.59 bits per heavy atom. The van der Waals surface area contributed by atoms with Crippen LogP contribution in [0.1, 0.15) is 35.2 Å². The van der Waals surface area contributed by atoms with Crippen molar-refractivity contribution < 1.29 is 14.4 Å². The van der Waals surface area contributed by atoms with Crippen molar-refractivity contribution in [1.82, 2.24) is 10.1 Å². The van der Waals surface area contributed by atoms with Crippen LogP contribution < -0.4 is 0 Å². The van der Waals surface area contributed by atoms with Gasteiger partial charge >= 0.3 is 0 Å². The van der Waals surface area contributed by atoms with Crippen LogP contribution in [0, 0.1) is 6.92 Å². The number of aryl methyl sites for hydroxylation is 1. The molecule has 0 amide bonds. The molecule has 6 heteroatoms. The maximum absolute atomic E-state index is 10.2. The van der Waals surface area contributed by atoms with Gasteiger partial charge in [-0.1, -0.05) is 11.2 Å². The van der Waals surface area contributed by atoms with Gasteiger partial charge in [0.2, 0.25) is 0 Å². The summed E-state index contributed by atoms with van der Waals surface area (Å²) in [6.45, 7) is 4.44. The topological polar surface area (TPSA) is 58.7 Å². The third kappa shape index (κ3) is 3.95. The molecule has 0 aliphatic carbocycles. The molecule has 2 aromatic rings. The minimum Gasteiger partial charge on any atom is -0.389 e. The van der Waals surface area contributed by atoms with Gasteiger partial charge < -0.3 is 14.4 Å². The Bertz CT molecular complexity index is 570. The first-order valence-corrected chi connectivity index (χ1v) is 8.56. The van der Waals surface area contributed by atoms with Crippen LogP contribution in [0.5, 0.6) is 0 Å². The third-order valence-electron chi connectivity index (χ3n) is 3.92. The number of aliphatic hydroxyl groups excluding tert-OH is 1. The fourth-order valence-electron chi connectivity index (χ4n) is 2.92. The van der Waals surface area contributed by atoms with E-state index in [2.05, 4.69) is 10.1 Å². The van der Waals surface area contributed by atoms with E-state index >= 15 is 0 Å². The van der Waals surface area contributed by atoms with Gasteiger partial charge in [-0.15, -0.1) is 11.3 Å². The second-order valence-corrected chi connectivity index (χ2v) is 6.80. The molecule has 1 saturated heterocycles. The lowest BCUT2D eigenvalue weighted by Gasteiger charge is -2.24. The molecule has 0 bridgehead atoms. The quantitative estimate of drug-likeness (QED) is 0.849. The summed E-state index contributed by atoms with van der Waals surface area (Å²) in [4.78, 5) is 3.45. The first-order chi connectivity index (χ1) is 10.7. The molecular formula is C16H22N2O3S. The highest BCUT2D eigenvalue weighted by Gasteiger charge is 2.30. The lowest BCUT2D eigenvalue weighted by atomic mass is 10.1. The van der Waals surface area contributed by atoms with Crippen LogP contribution in [-0.2, 0) is 11.3 Å². The van der Waals surface area contributed by atoms with E-state index in [1.807, 2.05) is 30.5 Å². The second kappa shape index (κ2) is 7.37. The van der Waals surface area contributed by atoms with Crippen LogP contribution in [0.4, 0.5) is 0 Å². The molecule has 1 N–H and O–H groups in total. The Morgan fingerprint density at radius 3 is 3.23 bits per heavy atom. The van der Waals surface area contributed by atoms with Gasteiger partial charge in [0.1, 0.15) is 0 Å². The molecule has 0 aromatic carbocycles. The predicted octanol–water partition coefficient (Wildman–Crippen LogP) is 2.76. The van der Waals surface area contributed by atoms with Crippen LogP contribution in [0.2, 0.25) is 0 Å². The summed E-state index contributed by atoms with van der Waals surface area (Å²) in [5, 5.41) is 16.2. The molecule has 5 nitrogen and oxygen atoms in total. The number of β-amino-alcohol motifs (C(OH)–C–C–N with tert-alkyl or cyclic N) is 1. The maximum atomic E-state index is 10.2. The van der Waals surface area contributed by atoms with Crippen molar-refractivity contribution in [2.45, 2.75) is 38.5 Å². The van der Waals surface area contributed by atoms with Crippen molar-refractivity contribution in [2.24, 2.45) is 0 Å². The molecule has 3 rings (SSSR count). The molecule has 0 radical (unpaired) electrons. The Labute approximate surface area is 134 Å². The fraction of sp³-hybridized carbons (Fsp3) is 0.562. The molecule has 2 atom stereocenters. The largest absolute Gasteiger partial charge is 0.389 e. The molecule has 0 saturated carbocycles. The summed E-state index contributed by atoms with van der Waals surface area (Å²) in [5.41, 5.74) is 0.904. The van der Waals surface area contributed by atoms with Crippen molar-refractivity contribution >= 4 is 11.3 Å². The van der Waals surface area contributed by atoms with Crippen molar-refractivity contribution in [3.05, 3.63) is 39.9 Å². The minimum absolute atomic E-state index is 0.230. The number of likely N-dealkylation sites (tertiary alicyclic amines) is 1. The van der Waals surface area contributed by atoms with Crippen LogP contribution in [0.3, 0.4) is 0 Å². The van der Waals surface area contributed by atoms with E-state index in [1.165, 1.54) is 4.88 Å². The third-order valence-corrected chi connectivity index (χ3v) is 4.77. The van der Waals surface area contributed by atoms with Gasteiger partial charge in [0.15, 0.2) is 5.76 Å². The number of rotatable bonds is 7. The first-order valence-electron chi connectivity index (χ1n) is 7.68. The molecule has 3 heterocycles. The summed E-state index contributed by atoms with van der Waals surface area (Å²) in [6, 6.07) is 6.27. The summed E-state index contributed by atoms with van der Waals surface area (Å²) in [5.74, 6) is 0.904. The van der Waals surface area contributed by atoms with E-state index < -0.39 is 6.10 Å². The molecule has 0 spiro atoms. The molecular weight excluding hydrogens is 300 g/mol. The number of aromatic nitrogens is 1.